The zero-order chi connectivity index (χ0) is 22.3. The number of ketones is 1. The first-order chi connectivity index (χ1) is 14.3. The predicted octanol–water partition coefficient (Wildman–Crippen LogP) is 5.96. The molecule has 0 heterocycles. The SMILES string of the molecule is CCCCSc1ccc(C2CC(=O)C(C(=NOCC)C(C)I)=C(O)C2)cc1[N+](=O)[O-]. The fourth-order valence-electron chi connectivity index (χ4n) is 3.25. The summed E-state index contributed by atoms with van der Waals surface area (Å²) in [6, 6.07) is 5.12. The van der Waals surface area contributed by atoms with Gasteiger partial charge in [0, 0.05) is 18.9 Å². The first-order valence-corrected chi connectivity index (χ1v) is 12.2. The second-order valence-corrected chi connectivity index (χ2v) is 10.1. The molecule has 9 heteroatoms. The van der Waals surface area contributed by atoms with Crippen LogP contribution in [0.5, 0.6) is 0 Å². The fraction of sp³-hybridized carbons (Fsp3) is 0.524. The topological polar surface area (TPSA) is 102 Å². The second kappa shape index (κ2) is 11.7. The first-order valence-electron chi connectivity index (χ1n) is 10.0. The molecule has 2 unspecified atom stereocenters. The quantitative estimate of drug-likeness (QED) is 0.0739. The Labute approximate surface area is 194 Å². The van der Waals surface area contributed by atoms with Crippen LogP contribution in [0.25, 0.3) is 0 Å². The highest BCUT2D eigenvalue weighted by atomic mass is 127. The van der Waals surface area contributed by atoms with Gasteiger partial charge in [-0.3, -0.25) is 14.9 Å². The van der Waals surface area contributed by atoms with Crippen molar-refractivity contribution in [2.24, 2.45) is 5.16 Å². The summed E-state index contributed by atoms with van der Waals surface area (Å²) in [6.07, 6.45) is 2.41. The Balaban J connectivity index is 2.32. The minimum absolute atomic E-state index is 0.0396. The Kier molecular flexibility index (Phi) is 9.60. The van der Waals surface area contributed by atoms with E-state index in [1.54, 1.807) is 19.1 Å². The molecule has 2 rings (SSSR count). The Bertz CT molecular complexity index is 854. The van der Waals surface area contributed by atoms with Crippen molar-refractivity contribution in [3.05, 3.63) is 45.2 Å². The lowest BCUT2D eigenvalue weighted by Crippen LogP contribution is -2.27. The number of aliphatic hydroxyl groups excluding tert-OH is 1. The van der Waals surface area contributed by atoms with E-state index in [2.05, 4.69) is 34.7 Å². The number of allylic oxidation sites excluding steroid dienone is 2. The summed E-state index contributed by atoms with van der Waals surface area (Å²) in [5.74, 6) is 0.242. The number of alkyl halides is 1. The number of thioether (sulfide) groups is 1. The molecule has 0 aromatic heterocycles. The van der Waals surface area contributed by atoms with Gasteiger partial charge in [-0.1, -0.05) is 47.2 Å². The molecule has 1 aromatic carbocycles. The van der Waals surface area contributed by atoms with Crippen molar-refractivity contribution in [2.45, 2.75) is 61.2 Å². The maximum Gasteiger partial charge on any atom is 0.283 e. The van der Waals surface area contributed by atoms with E-state index in [4.69, 9.17) is 4.84 Å². The van der Waals surface area contributed by atoms with Gasteiger partial charge in [-0.25, -0.2) is 0 Å². The first kappa shape index (κ1) is 24.6. The van der Waals surface area contributed by atoms with Crippen LogP contribution in [0, 0.1) is 10.1 Å². The number of nitrogens with zero attached hydrogens (tertiary/aromatic N) is 2. The van der Waals surface area contributed by atoms with Crippen LogP contribution in [-0.4, -0.2) is 37.8 Å². The van der Waals surface area contributed by atoms with Crippen molar-refractivity contribution >= 4 is 51.5 Å². The Morgan fingerprint density at radius 1 is 1.43 bits per heavy atom. The number of nitro benzene ring substituents is 1. The van der Waals surface area contributed by atoms with E-state index in [1.807, 2.05) is 13.0 Å². The predicted molar refractivity (Wildman–Crippen MR) is 128 cm³/mol. The summed E-state index contributed by atoms with van der Waals surface area (Å²) in [5, 5.41) is 26.2. The molecule has 0 aliphatic heterocycles. The van der Waals surface area contributed by atoms with Gasteiger partial charge in [0.05, 0.1) is 19.3 Å². The second-order valence-electron chi connectivity index (χ2n) is 7.05. The molecule has 0 saturated heterocycles. The lowest BCUT2D eigenvalue weighted by molar-refractivity contribution is -0.387. The van der Waals surface area contributed by atoms with E-state index in [0.717, 1.165) is 18.6 Å². The highest BCUT2D eigenvalue weighted by Crippen LogP contribution is 2.39. The summed E-state index contributed by atoms with van der Waals surface area (Å²) in [7, 11) is 0. The van der Waals surface area contributed by atoms with E-state index in [1.165, 1.54) is 11.8 Å². The maximum atomic E-state index is 12.9. The number of rotatable bonds is 10. The van der Waals surface area contributed by atoms with Crippen LogP contribution in [-0.2, 0) is 9.63 Å². The number of oxime groups is 1. The molecule has 0 amide bonds. The molecule has 0 fully saturated rings. The lowest BCUT2D eigenvalue weighted by atomic mass is 9.81. The highest BCUT2D eigenvalue weighted by molar-refractivity contribution is 14.1. The number of benzene rings is 1. The van der Waals surface area contributed by atoms with Crippen molar-refractivity contribution in [1.29, 1.82) is 0 Å². The molecule has 164 valence electrons. The number of hydrogen-bond donors (Lipinski definition) is 1. The number of unbranched alkanes of at least 4 members (excludes halogenated alkanes) is 1. The normalized spacial score (nSPS) is 18.5. The van der Waals surface area contributed by atoms with Crippen LogP contribution < -0.4 is 0 Å². The van der Waals surface area contributed by atoms with Crippen LogP contribution in [0.4, 0.5) is 5.69 Å². The number of nitro groups is 1. The Morgan fingerprint density at radius 2 is 2.17 bits per heavy atom. The van der Waals surface area contributed by atoms with E-state index >= 15 is 0 Å². The van der Waals surface area contributed by atoms with E-state index in [9.17, 15) is 20.0 Å². The van der Waals surface area contributed by atoms with Crippen molar-refractivity contribution in [3.63, 3.8) is 0 Å². The molecule has 1 aliphatic carbocycles. The van der Waals surface area contributed by atoms with Gasteiger partial charge in [-0.15, -0.1) is 11.8 Å². The third kappa shape index (κ3) is 6.19. The molecule has 30 heavy (non-hydrogen) atoms. The average molecular weight is 546 g/mol. The van der Waals surface area contributed by atoms with Crippen LogP contribution in [0.1, 0.15) is 57.9 Å². The van der Waals surface area contributed by atoms with E-state index in [-0.39, 0.29) is 50.4 Å². The number of hydrogen-bond acceptors (Lipinski definition) is 7. The summed E-state index contributed by atoms with van der Waals surface area (Å²) in [5.41, 5.74) is 1.37. The molecular formula is C21H27IN2O5S. The van der Waals surface area contributed by atoms with Crippen LogP contribution in [0.15, 0.2) is 39.6 Å². The molecule has 0 spiro atoms. The highest BCUT2D eigenvalue weighted by Gasteiger charge is 2.34. The van der Waals surface area contributed by atoms with Crippen molar-refractivity contribution in [2.75, 3.05) is 12.4 Å². The zero-order valence-electron chi connectivity index (χ0n) is 17.4. The number of halogens is 1. The summed E-state index contributed by atoms with van der Waals surface area (Å²) in [4.78, 5) is 29.8. The number of Topliss-reactive ketones (excluding diaryl/α,β-unsaturated/α-hetero) is 1. The average Bonchev–Trinajstić information content (AvgIpc) is 2.69. The van der Waals surface area contributed by atoms with Crippen molar-refractivity contribution in [3.8, 4) is 0 Å². The number of carbonyl (C=O) groups is 1. The zero-order valence-corrected chi connectivity index (χ0v) is 20.4. The summed E-state index contributed by atoms with van der Waals surface area (Å²) >= 11 is 3.60. The smallest absolute Gasteiger partial charge is 0.283 e. The van der Waals surface area contributed by atoms with Crippen molar-refractivity contribution in [1.82, 2.24) is 0 Å². The third-order valence-corrected chi connectivity index (χ3v) is 6.51. The van der Waals surface area contributed by atoms with Crippen LogP contribution >= 0.6 is 34.4 Å². The van der Waals surface area contributed by atoms with Crippen LogP contribution in [0.3, 0.4) is 0 Å². The van der Waals surface area contributed by atoms with Crippen LogP contribution in [0.2, 0.25) is 0 Å². The monoisotopic (exact) mass is 546 g/mol. The minimum atomic E-state index is -0.381. The maximum absolute atomic E-state index is 12.9. The standard InChI is InChI=1S/C21H27IN2O5S/c1-4-6-9-30-19-8-7-14(10-16(19)24(27)28)15-11-17(25)20(18(26)12-15)21(13(3)22)23-29-5-2/h7-8,10,13,15,25H,4-6,9,11-12H2,1-3H3. The molecule has 1 aromatic rings. The Morgan fingerprint density at radius 3 is 2.73 bits per heavy atom. The number of aliphatic hydroxyl groups is 1. The van der Waals surface area contributed by atoms with Gasteiger partial charge in [0.1, 0.15) is 18.1 Å². The van der Waals surface area contributed by atoms with Gasteiger partial charge in [-0.2, -0.15) is 0 Å². The molecule has 0 saturated carbocycles. The summed E-state index contributed by atoms with van der Waals surface area (Å²) < 4.78 is -0.118. The molecule has 2 atom stereocenters. The third-order valence-electron chi connectivity index (χ3n) is 4.77. The fourth-order valence-corrected chi connectivity index (χ4v) is 4.78. The molecule has 0 radical (unpaired) electrons. The Hall–Kier alpha value is -1.62. The molecule has 1 N–H and O–H groups in total. The van der Waals surface area contributed by atoms with Gasteiger partial charge in [-0.05, 0) is 43.6 Å². The van der Waals surface area contributed by atoms with Crippen molar-refractivity contribution < 1.29 is 19.7 Å². The summed E-state index contributed by atoms with van der Waals surface area (Å²) in [6.45, 7) is 6.11. The van der Waals surface area contributed by atoms with E-state index in [0.29, 0.717) is 22.8 Å². The molecule has 7 nitrogen and oxygen atoms in total. The minimum Gasteiger partial charge on any atom is -0.511 e. The number of carbonyl (C=O) groups excluding carboxylic acids is 1. The molecule has 1 aliphatic rings. The van der Waals surface area contributed by atoms with Gasteiger partial charge in [0.25, 0.3) is 5.69 Å². The molecular weight excluding hydrogens is 519 g/mol. The largest absolute Gasteiger partial charge is 0.511 e. The van der Waals surface area contributed by atoms with Gasteiger partial charge < -0.3 is 9.94 Å². The van der Waals surface area contributed by atoms with E-state index < -0.39 is 0 Å². The molecule has 0 bridgehead atoms. The van der Waals surface area contributed by atoms with Gasteiger partial charge >= 0.3 is 0 Å². The van der Waals surface area contributed by atoms with Gasteiger partial charge in [0.2, 0.25) is 0 Å². The van der Waals surface area contributed by atoms with Gasteiger partial charge in [0.15, 0.2) is 5.78 Å². The lowest BCUT2D eigenvalue weighted by Gasteiger charge is -2.25.